The van der Waals surface area contributed by atoms with Crippen molar-refractivity contribution >= 4 is 28.3 Å². The fourth-order valence-electron chi connectivity index (χ4n) is 6.72. The van der Waals surface area contributed by atoms with Gasteiger partial charge < -0.3 is 25.3 Å². The van der Waals surface area contributed by atoms with Crippen LogP contribution in [0.25, 0.3) is 27.7 Å². The van der Waals surface area contributed by atoms with Crippen molar-refractivity contribution in [2.24, 2.45) is 0 Å². The molecule has 234 valence electrons. The van der Waals surface area contributed by atoms with E-state index < -0.39 is 40.0 Å². The molecule has 2 atom stereocenters. The van der Waals surface area contributed by atoms with Crippen molar-refractivity contribution in [3.8, 4) is 28.3 Å². The summed E-state index contributed by atoms with van der Waals surface area (Å²) >= 11 is 0. The number of nitrogens with zero attached hydrogens (tertiary/aromatic N) is 5. The number of fused-ring (bicyclic) bond motifs is 2. The number of carbonyl (C=O) groups excluding carboxylic acids is 1. The number of benzene rings is 2. The third-order valence-corrected chi connectivity index (χ3v) is 8.68. The number of hydrogen-bond donors (Lipinski definition) is 3. The Hall–Kier alpha value is -5.00. The molecule has 2 unspecified atom stereocenters. The van der Waals surface area contributed by atoms with Crippen molar-refractivity contribution in [2.75, 3.05) is 29.9 Å². The third-order valence-electron chi connectivity index (χ3n) is 8.68. The zero-order valence-electron chi connectivity index (χ0n) is 25.4. The maximum atomic E-state index is 17.3. The first kappa shape index (κ1) is 30.0. The zero-order valence-corrected chi connectivity index (χ0v) is 25.4. The Labute approximate surface area is 258 Å². The average molecular weight is 617 g/mol. The summed E-state index contributed by atoms with van der Waals surface area (Å²) in [6.45, 7) is 11.8. The molecule has 1 fully saturated rings. The Morgan fingerprint density at radius 2 is 1.84 bits per heavy atom. The highest BCUT2D eigenvalue weighted by Crippen LogP contribution is 2.48. The number of hydrogen-bond acceptors (Lipinski definition) is 8. The van der Waals surface area contributed by atoms with Crippen molar-refractivity contribution < 1.29 is 23.8 Å². The van der Waals surface area contributed by atoms with Gasteiger partial charge in [0, 0.05) is 31.9 Å². The van der Waals surface area contributed by atoms with Gasteiger partial charge in [0.15, 0.2) is 11.6 Å². The van der Waals surface area contributed by atoms with Gasteiger partial charge in [-0.05, 0) is 56.0 Å². The Balaban J connectivity index is 1.79. The molecule has 0 bridgehead atoms. The summed E-state index contributed by atoms with van der Waals surface area (Å²) in [5.74, 6) is -3.62. The number of phenolic OH excluding ortho intramolecular Hbond substituents is 2. The fourth-order valence-corrected chi connectivity index (χ4v) is 6.72. The van der Waals surface area contributed by atoms with Crippen molar-refractivity contribution in [3.63, 3.8) is 0 Å². The van der Waals surface area contributed by atoms with Gasteiger partial charge in [0.1, 0.15) is 22.8 Å². The standard InChI is InChI=1S/C33H34F2N6O4/c1-6-22(44)39-14-18(5)40-19(15-39)11-13-37-29-25-31(27(35)24(26(29)34)23-20(42)8-7-9-21(23)43)41(33(45)38-32(25)40)30-17(4)10-12-36-28(30)16(2)3/h6-10,12,16,18-19,37,42-43H,1,11,13-15H2,2-5H3. The van der Waals surface area contributed by atoms with E-state index in [-0.39, 0.29) is 59.4 Å². The molecule has 6 rings (SSSR count). The van der Waals surface area contributed by atoms with E-state index in [4.69, 9.17) is 0 Å². The molecule has 12 heteroatoms. The molecule has 0 radical (unpaired) electrons. The molecule has 3 N–H and O–H groups in total. The number of piperazine rings is 1. The van der Waals surface area contributed by atoms with Gasteiger partial charge in [-0.25, -0.2) is 13.6 Å². The number of rotatable bonds is 4. The third kappa shape index (κ3) is 4.66. The van der Waals surface area contributed by atoms with E-state index in [1.54, 1.807) is 24.1 Å². The summed E-state index contributed by atoms with van der Waals surface area (Å²) < 4.78 is 35.2. The molecule has 45 heavy (non-hydrogen) atoms. The maximum absolute atomic E-state index is 17.3. The van der Waals surface area contributed by atoms with Gasteiger partial charge >= 0.3 is 5.69 Å². The van der Waals surface area contributed by atoms with E-state index in [9.17, 15) is 19.8 Å². The predicted octanol–water partition coefficient (Wildman–Crippen LogP) is 4.98. The quantitative estimate of drug-likeness (QED) is 0.275. The van der Waals surface area contributed by atoms with E-state index in [1.165, 1.54) is 24.3 Å². The van der Waals surface area contributed by atoms with E-state index in [0.717, 1.165) is 4.57 Å². The number of phenols is 2. The fraction of sp³-hybridized carbons (Fsp3) is 0.333. The lowest BCUT2D eigenvalue weighted by Crippen LogP contribution is -2.60. The Morgan fingerprint density at radius 1 is 1.13 bits per heavy atom. The minimum atomic E-state index is -1.16. The van der Waals surface area contributed by atoms with Crippen molar-refractivity contribution in [2.45, 2.75) is 52.1 Å². The molecular weight excluding hydrogens is 582 g/mol. The second-order valence-electron chi connectivity index (χ2n) is 11.9. The van der Waals surface area contributed by atoms with Gasteiger partial charge in [-0.15, -0.1) is 0 Å². The minimum absolute atomic E-state index is 0.0290. The highest BCUT2D eigenvalue weighted by atomic mass is 19.1. The zero-order chi connectivity index (χ0) is 32.3. The Bertz CT molecular complexity index is 1920. The molecule has 4 aromatic rings. The van der Waals surface area contributed by atoms with Gasteiger partial charge in [0.05, 0.1) is 39.6 Å². The number of nitrogens with one attached hydrogen (secondary N) is 1. The van der Waals surface area contributed by atoms with Crippen LogP contribution in [0.5, 0.6) is 11.5 Å². The number of aromatic hydroxyl groups is 2. The van der Waals surface area contributed by atoms with Gasteiger partial charge in [-0.2, -0.15) is 4.98 Å². The summed E-state index contributed by atoms with van der Waals surface area (Å²) in [7, 11) is 0. The number of pyridine rings is 1. The topological polar surface area (TPSA) is 124 Å². The molecule has 4 heterocycles. The Kier molecular flexibility index (Phi) is 7.46. The van der Waals surface area contributed by atoms with Crippen molar-refractivity contribution in [1.82, 2.24) is 19.4 Å². The molecule has 2 aromatic heterocycles. The lowest BCUT2D eigenvalue weighted by Gasteiger charge is -2.47. The molecule has 0 spiro atoms. The number of anilines is 2. The smallest absolute Gasteiger partial charge is 0.354 e. The second kappa shape index (κ2) is 11.2. The summed E-state index contributed by atoms with van der Waals surface area (Å²) in [4.78, 5) is 39.4. The van der Waals surface area contributed by atoms with Crippen LogP contribution >= 0.6 is 0 Å². The average Bonchev–Trinajstić information content (AvgIpc) is 2.98. The molecule has 0 saturated carbocycles. The monoisotopic (exact) mass is 616 g/mol. The second-order valence-corrected chi connectivity index (χ2v) is 11.9. The first-order valence-electron chi connectivity index (χ1n) is 14.8. The lowest BCUT2D eigenvalue weighted by molar-refractivity contribution is -0.127. The number of amides is 1. The number of carbonyl (C=O) groups is 1. The molecule has 2 aliphatic heterocycles. The molecular formula is C33H34F2N6O4. The highest BCUT2D eigenvalue weighted by Gasteiger charge is 2.39. The minimum Gasteiger partial charge on any atom is -0.507 e. The van der Waals surface area contributed by atoms with Crippen LogP contribution in [-0.4, -0.2) is 67.3 Å². The van der Waals surface area contributed by atoms with Gasteiger partial charge in [0.25, 0.3) is 0 Å². The van der Waals surface area contributed by atoms with Crippen LogP contribution in [0.2, 0.25) is 0 Å². The Morgan fingerprint density at radius 3 is 2.51 bits per heavy atom. The van der Waals surface area contributed by atoms with Gasteiger partial charge in [-0.3, -0.25) is 14.3 Å². The normalized spacial score (nSPS) is 17.9. The summed E-state index contributed by atoms with van der Waals surface area (Å²) in [6, 6.07) is 4.79. The van der Waals surface area contributed by atoms with E-state index in [0.29, 0.717) is 29.9 Å². The van der Waals surface area contributed by atoms with E-state index in [1.807, 2.05) is 25.7 Å². The molecule has 1 saturated heterocycles. The van der Waals surface area contributed by atoms with Crippen molar-refractivity contribution in [1.29, 1.82) is 0 Å². The molecule has 2 aliphatic rings. The van der Waals surface area contributed by atoms with Crippen molar-refractivity contribution in [3.05, 3.63) is 76.5 Å². The number of halogens is 2. The van der Waals surface area contributed by atoms with Crippen LogP contribution in [0.1, 0.15) is 44.4 Å². The lowest BCUT2D eigenvalue weighted by atomic mass is 9.95. The van der Waals surface area contributed by atoms with E-state index in [2.05, 4.69) is 21.9 Å². The van der Waals surface area contributed by atoms with Gasteiger partial charge in [0.2, 0.25) is 5.91 Å². The van der Waals surface area contributed by atoms with Crippen LogP contribution in [0, 0.1) is 18.6 Å². The predicted molar refractivity (Wildman–Crippen MR) is 168 cm³/mol. The van der Waals surface area contributed by atoms with Crippen LogP contribution in [0.3, 0.4) is 0 Å². The van der Waals surface area contributed by atoms with E-state index >= 15 is 8.78 Å². The molecule has 10 nitrogen and oxygen atoms in total. The first-order valence-corrected chi connectivity index (χ1v) is 14.8. The highest BCUT2D eigenvalue weighted by molar-refractivity contribution is 6.05. The van der Waals surface area contributed by atoms with Crippen LogP contribution in [0.15, 0.2) is 47.9 Å². The number of aryl methyl sites for hydroxylation is 1. The molecule has 0 aliphatic carbocycles. The summed E-state index contributed by atoms with van der Waals surface area (Å²) in [5, 5.41) is 24.6. The van der Waals surface area contributed by atoms with Crippen LogP contribution in [-0.2, 0) is 4.79 Å². The largest absolute Gasteiger partial charge is 0.507 e. The first-order chi connectivity index (χ1) is 21.5. The summed E-state index contributed by atoms with van der Waals surface area (Å²) in [5.41, 5.74) is -0.902. The van der Waals surface area contributed by atoms with Crippen LogP contribution < -0.4 is 15.9 Å². The molecule has 2 aromatic carbocycles. The summed E-state index contributed by atoms with van der Waals surface area (Å²) in [6.07, 6.45) is 3.29. The maximum Gasteiger partial charge on any atom is 0.354 e. The molecule has 1 amide bonds. The number of aromatic nitrogens is 3. The SMILES string of the molecule is C=CC(=O)N1CC(C)N2c3nc(=O)n(-c4c(C)ccnc4C(C)C)c4c(F)c(-c5c(O)cccc5O)c(F)c(c34)NCCC2C1. The van der Waals surface area contributed by atoms with Crippen LogP contribution in [0.4, 0.5) is 20.3 Å². The van der Waals surface area contributed by atoms with Gasteiger partial charge in [-0.1, -0.05) is 26.5 Å².